The minimum atomic E-state index is -0.000799. The number of carbonyl (C=O) groups excluding carboxylic acids is 1. The normalized spacial score (nSPS) is 18.3. The topological polar surface area (TPSA) is 60.9 Å². The van der Waals surface area contributed by atoms with Crippen LogP contribution in [0.4, 0.5) is 0 Å². The van der Waals surface area contributed by atoms with Gasteiger partial charge < -0.3 is 10.6 Å². The molecule has 2 heterocycles. The molecule has 0 spiro atoms. The fourth-order valence-corrected chi connectivity index (χ4v) is 2.70. The zero-order valence-corrected chi connectivity index (χ0v) is 10.0. The molecule has 2 N–H and O–H groups in total. The highest BCUT2D eigenvalue weighted by atomic mass is 16.1. The number of nitrogens with two attached hydrogens (primary N) is 1. The van der Waals surface area contributed by atoms with Gasteiger partial charge in [0.1, 0.15) is 6.29 Å². The first-order valence-corrected chi connectivity index (χ1v) is 6.16. The van der Waals surface area contributed by atoms with Gasteiger partial charge in [0.2, 0.25) is 0 Å². The van der Waals surface area contributed by atoms with E-state index < -0.39 is 0 Å². The van der Waals surface area contributed by atoms with Crippen LogP contribution in [0.5, 0.6) is 0 Å². The maximum atomic E-state index is 11.1. The van der Waals surface area contributed by atoms with Gasteiger partial charge in [-0.25, -0.2) is 0 Å². The van der Waals surface area contributed by atoms with Gasteiger partial charge in [0.15, 0.2) is 0 Å². The van der Waals surface area contributed by atoms with Crippen LogP contribution < -0.4 is 5.84 Å². The summed E-state index contributed by atoms with van der Waals surface area (Å²) in [4.78, 5) is 15.1. The number of nitrogens with zero attached hydrogens (tertiary/aromatic N) is 2. The molecule has 3 rings (SSSR count). The summed E-state index contributed by atoms with van der Waals surface area (Å²) in [6.07, 6.45) is 7.43. The summed E-state index contributed by atoms with van der Waals surface area (Å²) >= 11 is 0. The third-order valence-corrected chi connectivity index (χ3v) is 3.64. The van der Waals surface area contributed by atoms with Crippen LogP contribution in [0.15, 0.2) is 30.6 Å². The van der Waals surface area contributed by atoms with Gasteiger partial charge in [-0.1, -0.05) is 0 Å². The van der Waals surface area contributed by atoms with Crippen LogP contribution in [0.25, 0.3) is 11.3 Å². The first kappa shape index (κ1) is 11.0. The van der Waals surface area contributed by atoms with E-state index in [4.69, 9.17) is 5.84 Å². The molecule has 0 radical (unpaired) electrons. The van der Waals surface area contributed by atoms with E-state index in [1.807, 2.05) is 18.2 Å². The molecule has 0 saturated heterocycles. The smallest absolute Gasteiger partial charge is 0.127 e. The van der Waals surface area contributed by atoms with Crippen LogP contribution in [-0.4, -0.2) is 15.9 Å². The standard InChI is InChI=1S/C14H15N3O/c15-17-13-3-1-2-11(9-18)12(13)8-14(17)10-4-6-16-7-5-10/h4-9,11H,1-3,15H2. The Kier molecular flexibility index (Phi) is 2.63. The number of rotatable bonds is 2. The summed E-state index contributed by atoms with van der Waals surface area (Å²) in [5, 5.41) is 0. The fraction of sp³-hybridized carbons (Fsp3) is 0.286. The molecule has 0 fully saturated rings. The van der Waals surface area contributed by atoms with Gasteiger partial charge in [-0.15, -0.1) is 0 Å². The first-order valence-electron chi connectivity index (χ1n) is 6.16. The van der Waals surface area contributed by atoms with Crippen molar-refractivity contribution in [3.63, 3.8) is 0 Å². The van der Waals surface area contributed by atoms with Gasteiger partial charge in [0, 0.05) is 29.6 Å². The van der Waals surface area contributed by atoms with E-state index in [1.54, 1.807) is 17.1 Å². The average molecular weight is 241 g/mol. The highest BCUT2D eigenvalue weighted by molar-refractivity contribution is 5.69. The van der Waals surface area contributed by atoms with Crippen molar-refractivity contribution in [2.75, 3.05) is 5.84 Å². The zero-order valence-electron chi connectivity index (χ0n) is 10.0. The van der Waals surface area contributed by atoms with Crippen molar-refractivity contribution < 1.29 is 4.79 Å². The van der Waals surface area contributed by atoms with E-state index in [-0.39, 0.29) is 5.92 Å². The van der Waals surface area contributed by atoms with E-state index in [9.17, 15) is 4.79 Å². The van der Waals surface area contributed by atoms with E-state index in [0.29, 0.717) is 0 Å². The lowest BCUT2D eigenvalue weighted by Crippen LogP contribution is -2.18. The minimum Gasteiger partial charge on any atom is -0.339 e. The molecule has 0 aliphatic heterocycles. The molecule has 18 heavy (non-hydrogen) atoms. The molecule has 0 bridgehead atoms. The van der Waals surface area contributed by atoms with Crippen molar-refractivity contribution in [1.82, 2.24) is 9.66 Å². The van der Waals surface area contributed by atoms with Crippen LogP contribution in [-0.2, 0) is 11.2 Å². The molecule has 92 valence electrons. The third-order valence-electron chi connectivity index (χ3n) is 3.64. The van der Waals surface area contributed by atoms with Crippen LogP contribution in [0.1, 0.15) is 30.0 Å². The highest BCUT2D eigenvalue weighted by Gasteiger charge is 2.25. The molecule has 2 aromatic rings. The SMILES string of the molecule is Nn1c(-c2ccncc2)cc2c1CCCC2C=O. The van der Waals surface area contributed by atoms with E-state index in [2.05, 4.69) is 4.98 Å². The molecule has 1 atom stereocenters. The number of fused-ring (bicyclic) bond motifs is 1. The second kappa shape index (κ2) is 4.29. The van der Waals surface area contributed by atoms with Crippen LogP contribution in [0, 0.1) is 0 Å². The third kappa shape index (κ3) is 1.61. The Labute approximate surface area is 105 Å². The van der Waals surface area contributed by atoms with Gasteiger partial charge in [-0.2, -0.15) is 0 Å². The number of nitrogen functional groups attached to an aromatic ring is 1. The lowest BCUT2D eigenvalue weighted by molar-refractivity contribution is -0.109. The van der Waals surface area contributed by atoms with Gasteiger partial charge in [0.25, 0.3) is 0 Å². The van der Waals surface area contributed by atoms with Crippen molar-refractivity contribution in [3.05, 3.63) is 41.9 Å². The number of aromatic nitrogens is 2. The van der Waals surface area contributed by atoms with E-state index in [0.717, 1.165) is 48.1 Å². The van der Waals surface area contributed by atoms with Gasteiger partial charge in [-0.05, 0) is 43.0 Å². The van der Waals surface area contributed by atoms with Crippen molar-refractivity contribution in [3.8, 4) is 11.3 Å². The van der Waals surface area contributed by atoms with Gasteiger partial charge in [0.05, 0.1) is 5.69 Å². The second-order valence-electron chi connectivity index (χ2n) is 4.67. The maximum Gasteiger partial charge on any atom is 0.127 e. The van der Waals surface area contributed by atoms with Crippen molar-refractivity contribution >= 4 is 6.29 Å². The molecule has 1 aliphatic rings. The molecular formula is C14H15N3O. The number of aldehydes is 1. The van der Waals surface area contributed by atoms with Crippen LogP contribution in [0.2, 0.25) is 0 Å². The molecule has 0 aromatic carbocycles. The number of pyridine rings is 1. The summed E-state index contributed by atoms with van der Waals surface area (Å²) in [7, 11) is 0. The molecule has 4 nitrogen and oxygen atoms in total. The summed E-state index contributed by atoms with van der Waals surface area (Å²) in [5.74, 6) is 6.15. The van der Waals surface area contributed by atoms with Crippen molar-refractivity contribution in [2.45, 2.75) is 25.2 Å². The predicted octanol–water partition coefficient (Wildman–Crippen LogP) is 1.88. The molecule has 4 heteroatoms. The Morgan fingerprint density at radius 1 is 1.39 bits per heavy atom. The van der Waals surface area contributed by atoms with Gasteiger partial charge >= 0.3 is 0 Å². The molecule has 0 saturated carbocycles. The van der Waals surface area contributed by atoms with Crippen molar-refractivity contribution in [1.29, 1.82) is 0 Å². The molecule has 1 unspecified atom stereocenters. The van der Waals surface area contributed by atoms with Crippen LogP contribution in [0.3, 0.4) is 0 Å². The van der Waals surface area contributed by atoms with Gasteiger partial charge in [-0.3, -0.25) is 9.66 Å². The Morgan fingerprint density at radius 2 is 2.17 bits per heavy atom. The lowest BCUT2D eigenvalue weighted by atomic mass is 9.88. The first-order chi connectivity index (χ1) is 8.81. The fourth-order valence-electron chi connectivity index (χ4n) is 2.70. The lowest BCUT2D eigenvalue weighted by Gasteiger charge is -2.18. The highest BCUT2D eigenvalue weighted by Crippen LogP contribution is 2.34. The Hall–Kier alpha value is -2.10. The molecule has 2 aromatic heterocycles. The second-order valence-corrected chi connectivity index (χ2v) is 4.67. The summed E-state index contributed by atoms with van der Waals surface area (Å²) in [5.41, 5.74) is 4.17. The summed E-state index contributed by atoms with van der Waals surface area (Å²) < 4.78 is 1.72. The molecule has 1 aliphatic carbocycles. The largest absolute Gasteiger partial charge is 0.339 e. The Bertz CT molecular complexity index is 574. The quantitative estimate of drug-likeness (QED) is 0.645. The van der Waals surface area contributed by atoms with Crippen molar-refractivity contribution in [2.24, 2.45) is 0 Å². The maximum absolute atomic E-state index is 11.1. The van der Waals surface area contributed by atoms with E-state index in [1.165, 1.54) is 0 Å². The van der Waals surface area contributed by atoms with E-state index >= 15 is 0 Å². The Balaban J connectivity index is 2.13. The predicted molar refractivity (Wildman–Crippen MR) is 69.6 cm³/mol. The minimum absolute atomic E-state index is 0.000799. The monoisotopic (exact) mass is 241 g/mol. The zero-order chi connectivity index (χ0) is 12.5. The summed E-state index contributed by atoms with van der Waals surface area (Å²) in [6.45, 7) is 0. The number of carbonyl (C=O) groups is 1. The van der Waals surface area contributed by atoms with Crippen LogP contribution >= 0.6 is 0 Å². The Morgan fingerprint density at radius 3 is 2.89 bits per heavy atom. The number of hydrogen-bond donors (Lipinski definition) is 1. The number of hydrogen-bond acceptors (Lipinski definition) is 3. The average Bonchev–Trinajstić information content (AvgIpc) is 2.77. The summed E-state index contributed by atoms with van der Waals surface area (Å²) in [6, 6.07) is 5.91. The molecular weight excluding hydrogens is 226 g/mol. The molecule has 0 amide bonds.